The molecule has 9 heteroatoms. The molecular weight excluding hydrogens is 406 g/mol. The second kappa shape index (κ2) is 8.42. The Bertz CT molecular complexity index is 1170. The van der Waals surface area contributed by atoms with E-state index in [1.165, 1.54) is 24.4 Å². The molecule has 0 unspecified atom stereocenters. The molecule has 0 saturated carbocycles. The van der Waals surface area contributed by atoms with Crippen molar-refractivity contribution in [3.63, 3.8) is 0 Å². The van der Waals surface area contributed by atoms with Crippen LogP contribution in [0.2, 0.25) is 0 Å². The number of aromatic nitrogens is 1. The lowest BCUT2D eigenvalue weighted by Gasteiger charge is -2.12. The summed E-state index contributed by atoms with van der Waals surface area (Å²) in [5.74, 6) is 0.528. The minimum Gasteiger partial charge on any atom is -0.490 e. The highest BCUT2D eigenvalue weighted by molar-refractivity contribution is 7.92. The number of hydrogen-bond acceptors (Lipinski definition) is 6. The van der Waals surface area contributed by atoms with Crippen molar-refractivity contribution in [1.82, 2.24) is 4.98 Å². The molecule has 8 nitrogen and oxygen atoms in total. The fourth-order valence-corrected chi connectivity index (χ4v) is 3.95. The highest BCUT2D eigenvalue weighted by Gasteiger charge is 2.19. The molecule has 0 atom stereocenters. The van der Waals surface area contributed by atoms with Crippen molar-refractivity contribution in [2.75, 3.05) is 23.3 Å². The van der Waals surface area contributed by atoms with E-state index in [1.807, 2.05) is 0 Å². The second-order valence-electron chi connectivity index (χ2n) is 6.54. The lowest BCUT2D eigenvalue weighted by Crippen LogP contribution is -2.15. The van der Waals surface area contributed by atoms with Crippen LogP contribution in [0.3, 0.4) is 0 Å². The average Bonchev–Trinajstić information content (AvgIpc) is 2.99. The number of hydrogen-bond donors (Lipinski definition) is 2. The van der Waals surface area contributed by atoms with E-state index in [9.17, 15) is 13.2 Å². The Balaban J connectivity index is 1.53. The molecule has 1 amide bonds. The van der Waals surface area contributed by atoms with Gasteiger partial charge in [0.1, 0.15) is 0 Å². The van der Waals surface area contributed by atoms with Crippen molar-refractivity contribution in [2.24, 2.45) is 0 Å². The quantitative estimate of drug-likeness (QED) is 0.650. The van der Waals surface area contributed by atoms with Crippen molar-refractivity contribution in [3.8, 4) is 11.5 Å². The maximum absolute atomic E-state index is 12.8. The zero-order chi connectivity index (χ0) is 21.0. The first kappa shape index (κ1) is 19.7. The number of ether oxygens (including phenoxy) is 2. The van der Waals surface area contributed by atoms with Crippen molar-refractivity contribution in [1.29, 1.82) is 0 Å². The van der Waals surface area contributed by atoms with Crippen LogP contribution in [0.5, 0.6) is 11.5 Å². The smallest absolute Gasteiger partial charge is 0.262 e. The second-order valence-corrected chi connectivity index (χ2v) is 8.22. The van der Waals surface area contributed by atoms with E-state index in [0.717, 1.165) is 6.42 Å². The van der Waals surface area contributed by atoms with E-state index >= 15 is 0 Å². The molecule has 1 aromatic heterocycles. The van der Waals surface area contributed by atoms with Gasteiger partial charge in [0.05, 0.1) is 30.0 Å². The summed E-state index contributed by atoms with van der Waals surface area (Å²) in [5, 5.41) is 2.71. The number of carbonyl (C=O) groups is 1. The molecule has 30 heavy (non-hydrogen) atoms. The Morgan fingerprint density at radius 1 is 0.933 bits per heavy atom. The topological polar surface area (TPSA) is 107 Å². The van der Waals surface area contributed by atoms with E-state index in [0.29, 0.717) is 36.0 Å². The number of fused-ring (bicyclic) bond motifs is 1. The van der Waals surface area contributed by atoms with Gasteiger partial charge in [0.2, 0.25) is 0 Å². The largest absolute Gasteiger partial charge is 0.490 e. The third kappa shape index (κ3) is 4.52. The molecule has 154 valence electrons. The minimum atomic E-state index is -3.89. The molecule has 4 rings (SSSR count). The summed E-state index contributed by atoms with van der Waals surface area (Å²) >= 11 is 0. The summed E-state index contributed by atoms with van der Waals surface area (Å²) in [6.45, 7) is 0.975. The van der Waals surface area contributed by atoms with Gasteiger partial charge in [0, 0.05) is 29.9 Å². The molecule has 3 aromatic rings. The summed E-state index contributed by atoms with van der Waals surface area (Å²) in [5.41, 5.74) is 1.11. The molecule has 0 radical (unpaired) electrons. The third-order valence-electron chi connectivity index (χ3n) is 4.33. The maximum Gasteiger partial charge on any atom is 0.262 e. The van der Waals surface area contributed by atoms with E-state index in [1.54, 1.807) is 42.6 Å². The Morgan fingerprint density at radius 2 is 1.73 bits per heavy atom. The molecule has 2 N–H and O–H groups in total. The van der Waals surface area contributed by atoms with E-state index in [4.69, 9.17) is 9.47 Å². The number of benzene rings is 2. The van der Waals surface area contributed by atoms with Gasteiger partial charge in [-0.1, -0.05) is 6.07 Å². The molecule has 0 saturated heterocycles. The number of anilines is 2. The number of sulfonamides is 1. The highest BCUT2D eigenvalue weighted by atomic mass is 32.2. The highest BCUT2D eigenvalue weighted by Crippen LogP contribution is 2.32. The first-order chi connectivity index (χ1) is 14.5. The molecule has 1 aliphatic rings. The monoisotopic (exact) mass is 425 g/mol. The summed E-state index contributed by atoms with van der Waals surface area (Å²) < 4.78 is 39.3. The predicted molar refractivity (Wildman–Crippen MR) is 111 cm³/mol. The van der Waals surface area contributed by atoms with Crippen molar-refractivity contribution in [3.05, 3.63) is 72.6 Å². The Labute approximate surface area is 173 Å². The Kier molecular flexibility index (Phi) is 5.53. The van der Waals surface area contributed by atoms with Crippen LogP contribution in [-0.2, 0) is 10.0 Å². The van der Waals surface area contributed by atoms with Crippen molar-refractivity contribution < 1.29 is 22.7 Å². The standard InChI is InChI=1S/C21H19N3O5S/c25-21(23-17-6-2-9-22-14-17)15-4-1-5-16(12-15)24-30(26,27)18-7-8-19-20(13-18)29-11-3-10-28-19/h1-2,4-9,12-14,24H,3,10-11H2,(H,23,25). The number of carbonyl (C=O) groups excluding carboxylic acids is 1. The first-order valence-corrected chi connectivity index (χ1v) is 10.7. The number of pyridine rings is 1. The van der Waals surface area contributed by atoms with Crippen LogP contribution in [-0.4, -0.2) is 32.5 Å². The SMILES string of the molecule is O=C(Nc1cccnc1)c1cccc(NS(=O)(=O)c2ccc3c(c2)OCCCO3)c1. The normalized spacial score (nSPS) is 13.2. The summed E-state index contributed by atoms with van der Waals surface area (Å²) in [4.78, 5) is 16.4. The molecule has 0 aliphatic carbocycles. The number of rotatable bonds is 5. The van der Waals surface area contributed by atoms with Gasteiger partial charge in [-0.25, -0.2) is 8.42 Å². The van der Waals surface area contributed by atoms with E-state index in [-0.39, 0.29) is 16.5 Å². The molecule has 0 spiro atoms. The number of nitrogens with zero attached hydrogens (tertiary/aromatic N) is 1. The fraction of sp³-hybridized carbons (Fsp3) is 0.143. The van der Waals surface area contributed by atoms with Crippen LogP contribution >= 0.6 is 0 Å². The van der Waals surface area contributed by atoms with Crippen LogP contribution in [0.15, 0.2) is 71.9 Å². The Hall–Kier alpha value is -3.59. The minimum absolute atomic E-state index is 0.0389. The van der Waals surface area contributed by atoms with Crippen LogP contribution in [0.25, 0.3) is 0 Å². The lowest BCUT2D eigenvalue weighted by atomic mass is 10.2. The molecule has 0 fully saturated rings. The van der Waals surface area contributed by atoms with Crippen LogP contribution in [0.1, 0.15) is 16.8 Å². The van der Waals surface area contributed by atoms with E-state index in [2.05, 4.69) is 15.0 Å². The van der Waals surface area contributed by atoms with Gasteiger partial charge in [-0.2, -0.15) is 0 Å². The zero-order valence-electron chi connectivity index (χ0n) is 15.9. The third-order valence-corrected chi connectivity index (χ3v) is 5.70. The number of nitrogens with one attached hydrogen (secondary N) is 2. The van der Waals surface area contributed by atoms with Gasteiger partial charge < -0.3 is 14.8 Å². The Morgan fingerprint density at radius 3 is 2.53 bits per heavy atom. The zero-order valence-corrected chi connectivity index (χ0v) is 16.7. The first-order valence-electron chi connectivity index (χ1n) is 9.25. The van der Waals surface area contributed by atoms with Crippen LogP contribution in [0, 0.1) is 0 Å². The van der Waals surface area contributed by atoms with Gasteiger partial charge >= 0.3 is 0 Å². The fourth-order valence-electron chi connectivity index (χ4n) is 2.89. The van der Waals surface area contributed by atoms with Crippen molar-refractivity contribution >= 4 is 27.3 Å². The molecular formula is C21H19N3O5S. The molecule has 2 aromatic carbocycles. The van der Waals surface area contributed by atoms with E-state index < -0.39 is 10.0 Å². The van der Waals surface area contributed by atoms with Crippen LogP contribution in [0.4, 0.5) is 11.4 Å². The lowest BCUT2D eigenvalue weighted by molar-refractivity contribution is 0.102. The maximum atomic E-state index is 12.8. The van der Waals surface area contributed by atoms with Crippen LogP contribution < -0.4 is 19.5 Å². The molecule has 1 aliphatic heterocycles. The molecule has 0 bridgehead atoms. The predicted octanol–water partition coefficient (Wildman–Crippen LogP) is 3.30. The van der Waals surface area contributed by atoms with Crippen molar-refractivity contribution in [2.45, 2.75) is 11.3 Å². The van der Waals surface area contributed by atoms with Gasteiger partial charge in [-0.3, -0.25) is 14.5 Å². The molecule has 2 heterocycles. The summed E-state index contributed by atoms with van der Waals surface area (Å²) in [6.07, 6.45) is 3.85. The number of amides is 1. The van der Waals surface area contributed by atoms with Gasteiger partial charge in [0.15, 0.2) is 11.5 Å². The summed E-state index contributed by atoms with van der Waals surface area (Å²) in [7, 11) is -3.89. The van der Waals surface area contributed by atoms with Gasteiger partial charge in [-0.15, -0.1) is 0 Å². The average molecular weight is 425 g/mol. The van der Waals surface area contributed by atoms with Gasteiger partial charge in [-0.05, 0) is 42.5 Å². The van der Waals surface area contributed by atoms with Gasteiger partial charge in [0.25, 0.3) is 15.9 Å². The summed E-state index contributed by atoms with van der Waals surface area (Å²) in [6, 6.07) is 14.1.